The Hall–Kier alpha value is -2.82. The number of ether oxygens (including phenoxy) is 1. The normalized spacial score (nSPS) is 14.3. The largest absolute Gasteiger partial charge is 0.480 e. The molecule has 0 aliphatic heterocycles. The van der Waals surface area contributed by atoms with Gasteiger partial charge in [0, 0.05) is 12.8 Å². The second-order valence-electron chi connectivity index (χ2n) is 14.9. The number of esters is 1. The Balaban J connectivity index is 3.95. The Morgan fingerprint density at radius 1 is 0.569 bits per heavy atom. The number of phosphoric ester groups is 1. The molecule has 0 aromatic heterocycles. The van der Waals surface area contributed by atoms with Crippen LogP contribution in [-0.4, -0.2) is 64.9 Å². The van der Waals surface area contributed by atoms with Gasteiger partial charge in [-0.25, -0.2) is 9.36 Å². The molecule has 0 aromatic rings. The van der Waals surface area contributed by atoms with Crippen LogP contribution in [0.3, 0.4) is 0 Å². The van der Waals surface area contributed by atoms with Crippen LogP contribution in [0.25, 0.3) is 0 Å². The summed E-state index contributed by atoms with van der Waals surface area (Å²) in [6.45, 7) is 2.46. The van der Waals surface area contributed by atoms with E-state index in [1.165, 1.54) is 57.8 Å². The molecule has 0 heterocycles. The number of rotatable bonds is 41. The maximum atomic E-state index is 12.3. The van der Waals surface area contributed by atoms with Crippen molar-refractivity contribution in [2.24, 2.45) is 0 Å². The first-order valence-electron chi connectivity index (χ1n) is 22.3. The molecule has 334 valence electrons. The molecule has 0 saturated carbocycles. The summed E-state index contributed by atoms with van der Waals surface area (Å²) in [6, 6.07) is -1.56. The maximum Gasteiger partial charge on any atom is 0.472 e. The topological polar surface area (TPSA) is 169 Å². The van der Waals surface area contributed by atoms with Crippen LogP contribution in [0.5, 0.6) is 0 Å². The van der Waals surface area contributed by atoms with Crippen molar-refractivity contribution in [2.75, 3.05) is 19.8 Å². The van der Waals surface area contributed by atoms with Gasteiger partial charge in [0.05, 0.1) is 13.2 Å². The van der Waals surface area contributed by atoms with Crippen LogP contribution >= 0.6 is 7.82 Å². The molecule has 0 bridgehead atoms. The third-order valence-corrected chi connectivity index (χ3v) is 10.3. The van der Waals surface area contributed by atoms with Gasteiger partial charge >= 0.3 is 19.8 Å². The maximum absolute atomic E-state index is 12.3. The van der Waals surface area contributed by atoms with Gasteiger partial charge in [0.25, 0.3) is 0 Å². The third kappa shape index (κ3) is 40.0. The molecule has 11 nitrogen and oxygen atoms in total. The van der Waals surface area contributed by atoms with Gasteiger partial charge in [-0.05, 0) is 57.8 Å². The van der Waals surface area contributed by atoms with Crippen LogP contribution in [0.1, 0.15) is 181 Å². The lowest BCUT2D eigenvalue weighted by atomic mass is 10.0. The van der Waals surface area contributed by atoms with E-state index >= 15 is 0 Å². The molecule has 1 amide bonds. The fraction of sp³-hybridized carbons (Fsp3) is 0.717. The van der Waals surface area contributed by atoms with E-state index in [1.54, 1.807) is 0 Å². The van der Waals surface area contributed by atoms with Gasteiger partial charge in [-0.3, -0.25) is 18.6 Å². The lowest BCUT2D eigenvalue weighted by Crippen LogP contribution is -2.43. The molecule has 0 aromatic carbocycles. The number of carbonyl (C=O) groups excluding carboxylic acids is 2. The Bertz CT molecular complexity index is 1210. The molecule has 58 heavy (non-hydrogen) atoms. The number of carbonyl (C=O) groups is 3. The molecule has 4 N–H and O–H groups in total. The molecule has 0 saturated heterocycles. The van der Waals surface area contributed by atoms with Crippen molar-refractivity contribution in [3.8, 4) is 0 Å². The van der Waals surface area contributed by atoms with Crippen molar-refractivity contribution >= 4 is 25.7 Å². The summed E-state index contributed by atoms with van der Waals surface area (Å²) >= 11 is 0. The Morgan fingerprint density at radius 2 is 1.00 bits per heavy atom. The smallest absolute Gasteiger partial charge is 0.472 e. The number of hydrogen-bond acceptors (Lipinski definition) is 8. The zero-order valence-electron chi connectivity index (χ0n) is 36.1. The van der Waals surface area contributed by atoms with Gasteiger partial charge in [0.15, 0.2) is 6.04 Å². The van der Waals surface area contributed by atoms with E-state index < -0.39 is 57.6 Å². The number of hydrogen-bond donors (Lipinski definition) is 4. The van der Waals surface area contributed by atoms with Crippen molar-refractivity contribution in [3.63, 3.8) is 0 Å². The molecular formula is C46H80NO10P. The molecule has 3 unspecified atom stereocenters. The lowest BCUT2D eigenvalue weighted by Gasteiger charge is -2.18. The van der Waals surface area contributed by atoms with Crippen LogP contribution in [0.15, 0.2) is 60.8 Å². The molecule has 0 rings (SSSR count). The molecule has 3 atom stereocenters. The first kappa shape index (κ1) is 55.2. The van der Waals surface area contributed by atoms with Gasteiger partial charge < -0.3 is 25.2 Å². The zero-order valence-corrected chi connectivity index (χ0v) is 37.0. The number of aliphatic carboxylic acids is 1. The highest BCUT2D eigenvalue weighted by Crippen LogP contribution is 2.43. The highest BCUT2D eigenvalue weighted by Gasteiger charge is 2.28. The average Bonchev–Trinajstić information content (AvgIpc) is 3.20. The van der Waals surface area contributed by atoms with E-state index in [4.69, 9.17) is 13.8 Å². The van der Waals surface area contributed by atoms with E-state index in [0.29, 0.717) is 12.8 Å². The molecule has 0 spiro atoms. The molecule has 0 aliphatic carbocycles. The summed E-state index contributed by atoms with van der Waals surface area (Å²) in [5, 5.41) is 21.8. The highest BCUT2D eigenvalue weighted by atomic mass is 31.2. The lowest BCUT2D eigenvalue weighted by molar-refractivity contribution is -0.147. The van der Waals surface area contributed by atoms with Crippen molar-refractivity contribution in [1.82, 2.24) is 5.32 Å². The number of allylic oxidation sites excluding steroid dienone is 10. The van der Waals surface area contributed by atoms with Crippen molar-refractivity contribution < 1.29 is 47.8 Å². The molecular weight excluding hydrogens is 757 g/mol. The van der Waals surface area contributed by atoms with Gasteiger partial charge in [-0.15, -0.1) is 0 Å². The van der Waals surface area contributed by atoms with Gasteiger partial charge in [0.1, 0.15) is 12.7 Å². The quantitative estimate of drug-likeness (QED) is 0.0201. The number of aliphatic hydroxyl groups is 1. The average molecular weight is 838 g/mol. The summed E-state index contributed by atoms with van der Waals surface area (Å²) in [4.78, 5) is 45.9. The Kier molecular flexibility index (Phi) is 38.9. The second kappa shape index (κ2) is 40.9. The van der Waals surface area contributed by atoms with Crippen molar-refractivity contribution in [1.29, 1.82) is 0 Å². The SMILES string of the molecule is CC/C=C\C/C=C\C/C=C\C/C=C\C/C=C\CCCCCCCC(=O)NC(COP(=O)(O)OCC(O)COC(=O)CCCCCCCCCCCCCCC)C(=O)O. The minimum absolute atomic E-state index is 0.121. The summed E-state index contributed by atoms with van der Waals surface area (Å²) in [5.41, 5.74) is 0. The van der Waals surface area contributed by atoms with Crippen LogP contribution in [-0.2, 0) is 32.7 Å². The predicted octanol–water partition coefficient (Wildman–Crippen LogP) is 11.6. The number of amides is 1. The number of carboxylic acids is 1. The highest BCUT2D eigenvalue weighted by molar-refractivity contribution is 7.47. The Morgan fingerprint density at radius 3 is 1.50 bits per heavy atom. The van der Waals surface area contributed by atoms with Gasteiger partial charge in [-0.2, -0.15) is 0 Å². The van der Waals surface area contributed by atoms with Crippen LogP contribution < -0.4 is 5.32 Å². The summed E-state index contributed by atoms with van der Waals surface area (Å²) < 4.78 is 26.8. The number of aliphatic hydroxyl groups excluding tert-OH is 1. The minimum atomic E-state index is -4.76. The van der Waals surface area contributed by atoms with E-state index in [-0.39, 0.29) is 12.8 Å². The summed E-state index contributed by atoms with van der Waals surface area (Å²) in [7, 11) is -4.76. The van der Waals surface area contributed by atoms with E-state index in [2.05, 4.69) is 79.9 Å². The minimum Gasteiger partial charge on any atom is -0.480 e. The number of carboxylic acid groups (broad SMARTS) is 1. The fourth-order valence-electron chi connectivity index (χ4n) is 5.87. The van der Waals surface area contributed by atoms with Crippen LogP contribution in [0.2, 0.25) is 0 Å². The monoisotopic (exact) mass is 838 g/mol. The van der Waals surface area contributed by atoms with E-state index in [0.717, 1.165) is 83.5 Å². The number of unbranched alkanes of at least 4 members (excludes halogenated alkanes) is 17. The van der Waals surface area contributed by atoms with Crippen LogP contribution in [0, 0.1) is 0 Å². The van der Waals surface area contributed by atoms with Crippen molar-refractivity contribution in [2.45, 2.75) is 193 Å². The van der Waals surface area contributed by atoms with Crippen LogP contribution in [0.4, 0.5) is 0 Å². The van der Waals surface area contributed by atoms with E-state index in [1.807, 2.05) is 0 Å². The molecule has 0 fully saturated rings. The molecule has 12 heteroatoms. The van der Waals surface area contributed by atoms with Crippen molar-refractivity contribution in [3.05, 3.63) is 60.8 Å². The predicted molar refractivity (Wildman–Crippen MR) is 235 cm³/mol. The fourth-order valence-corrected chi connectivity index (χ4v) is 6.64. The number of phosphoric acid groups is 1. The summed E-state index contributed by atoms with van der Waals surface area (Å²) in [6.07, 6.45) is 46.7. The second-order valence-corrected chi connectivity index (χ2v) is 16.3. The first-order valence-corrected chi connectivity index (χ1v) is 23.8. The van der Waals surface area contributed by atoms with Gasteiger partial charge in [-0.1, -0.05) is 171 Å². The number of nitrogens with one attached hydrogen (secondary N) is 1. The Labute approximate surface area is 351 Å². The van der Waals surface area contributed by atoms with E-state index in [9.17, 15) is 34.1 Å². The first-order chi connectivity index (χ1) is 28.1. The molecule has 0 radical (unpaired) electrons. The van der Waals surface area contributed by atoms with Gasteiger partial charge in [0.2, 0.25) is 5.91 Å². The third-order valence-electron chi connectivity index (χ3n) is 9.32. The summed E-state index contributed by atoms with van der Waals surface area (Å²) in [5.74, 6) is -2.40. The molecule has 0 aliphatic rings. The zero-order chi connectivity index (χ0) is 42.8. The standard InChI is InChI=1S/C46H80NO10P/c1-3-5-7-9-11-13-15-17-18-19-20-21-22-23-24-26-27-29-31-33-35-37-44(49)47-43(46(51)52)41-57-58(53,54)56-40-42(48)39-55-45(50)38-36-34-32-30-28-25-16-14-12-10-8-6-4-2/h5,7,11,13,17-18,20-21,23-24,42-43,48H,3-4,6,8-10,12,14-16,19,22,25-41H2,1-2H3,(H,47,49)(H,51,52)(H,53,54)/b7-5-,13-11-,18-17-,21-20-,24-23-.